The fourth-order valence-corrected chi connectivity index (χ4v) is 4.86. The van der Waals surface area contributed by atoms with Crippen LogP contribution in [0.1, 0.15) is 29.5 Å². The van der Waals surface area contributed by atoms with Crippen molar-refractivity contribution in [2.24, 2.45) is 5.18 Å². The van der Waals surface area contributed by atoms with Crippen LogP contribution in [0.2, 0.25) is 0 Å². The van der Waals surface area contributed by atoms with Crippen molar-refractivity contribution in [3.63, 3.8) is 0 Å². The van der Waals surface area contributed by atoms with Crippen molar-refractivity contribution in [1.29, 1.82) is 5.26 Å². The molecule has 2 aliphatic rings. The van der Waals surface area contributed by atoms with Gasteiger partial charge in [0.1, 0.15) is 12.3 Å². The van der Waals surface area contributed by atoms with Gasteiger partial charge in [-0.15, -0.1) is 4.91 Å². The monoisotopic (exact) mass is 569 g/mol. The first-order valence-corrected chi connectivity index (χ1v) is 12.5. The van der Waals surface area contributed by atoms with Crippen LogP contribution in [-0.4, -0.2) is 62.8 Å². The average molecular weight is 570 g/mol. The number of nitriles is 1. The molecule has 8 nitrogen and oxygen atoms in total. The van der Waals surface area contributed by atoms with Crippen LogP contribution in [-0.2, 0) is 21.9 Å². The molecule has 0 saturated carbocycles. The van der Waals surface area contributed by atoms with E-state index in [1.54, 1.807) is 20.8 Å². The Morgan fingerprint density at radius 2 is 1.43 bits per heavy atom. The average Bonchev–Trinajstić information content (AvgIpc) is 2.94. The molecule has 0 aliphatic carbocycles. The molecule has 214 valence electrons. The molecule has 0 bridgehead atoms. The van der Waals surface area contributed by atoms with Gasteiger partial charge in [0.25, 0.3) is 0 Å². The molecule has 2 saturated heterocycles. The summed E-state index contributed by atoms with van der Waals surface area (Å²) < 4.78 is 85.4. The first-order chi connectivity index (χ1) is 18.9. The van der Waals surface area contributed by atoms with Gasteiger partial charge in [-0.1, -0.05) is 0 Å². The highest BCUT2D eigenvalue weighted by Gasteiger charge is 2.36. The highest BCUT2D eigenvalue weighted by atomic mass is 19.4. The molecule has 4 rings (SSSR count). The summed E-state index contributed by atoms with van der Waals surface area (Å²) in [6.07, 6.45) is -8.66. The molecule has 0 radical (unpaired) electrons. The highest BCUT2D eigenvalue weighted by Crippen LogP contribution is 2.39. The van der Waals surface area contributed by atoms with Gasteiger partial charge in [0.2, 0.25) is 5.91 Å². The van der Waals surface area contributed by atoms with Gasteiger partial charge in [0.05, 0.1) is 28.9 Å². The number of piperidine rings is 1. The molecule has 0 aromatic heterocycles. The number of amides is 1. The Morgan fingerprint density at radius 3 is 1.98 bits per heavy atom. The van der Waals surface area contributed by atoms with Crippen LogP contribution >= 0.6 is 0 Å². The van der Waals surface area contributed by atoms with E-state index in [0.717, 1.165) is 24.3 Å². The summed E-state index contributed by atoms with van der Waals surface area (Å²) in [6, 6.07) is 8.46. The largest absolute Gasteiger partial charge is 0.418 e. The number of carbonyl (C=O) groups is 1. The summed E-state index contributed by atoms with van der Waals surface area (Å²) >= 11 is 0. The summed E-state index contributed by atoms with van der Waals surface area (Å²) in [4.78, 5) is 28.4. The normalized spacial score (nSPS) is 17.1. The topological polar surface area (TPSA) is 89.2 Å². The lowest BCUT2D eigenvalue weighted by molar-refractivity contribution is -0.139. The molecular weight excluding hydrogens is 544 g/mol. The third kappa shape index (κ3) is 6.64. The molecule has 2 fully saturated rings. The molecule has 14 heteroatoms. The van der Waals surface area contributed by atoms with E-state index >= 15 is 0 Å². The van der Waals surface area contributed by atoms with Crippen LogP contribution in [0, 0.1) is 16.2 Å². The minimum absolute atomic E-state index is 0.183. The number of ether oxygens (including phenoxy) is 1. The van der Waals surface area contributed by atoms with Gasteiger partial charge in [-0.05, 0) is 54.4 Å². The molecule has 0 atom stereocenters. The van der Waals surface area contributed by atoms with Crippen molar-refractivity contribution in [1.82, 2.24) is 4.90 Å². The Hall–Kier alpha value is -3.86. The van der Waals surface area contributed by atoms with E-state index in [0.29, 0.717) is 50.4 Å². The zero-order chi connectivity index (χ0) is 29.1. The molecule has 2 aliphatic heterocycles. The molecule has 0 spiro atoms. The first kappa shape index (κ1) is 29.1. The maximum Gasteiger partial charge on any atom is 0.418 e. The number of rotatable bonds is 6. The van der Waals surface area contributed by atoms with Crippen molar-refractivity contribution in [3.8, 4) is 6.07 Å². The predicted octanol–water partition coefficient (Wildman–Crippen LogP) is 5.33. The standard InChI is InChI=1S/C26H25F6N5O3/c27-25(28,29)21-13-18(2-1-17(21)15-33)36-9-11-37(12-10-36)24(38)16-40-20-5-7-35(8-6-20)19-3-4-23(34-39)22(14-19)26(30,31)32/h1-4,13-14,20H,5-12,16H2. The lowest BCUT2D eigenvalue weighted by Gasteiger charge is -2.37. The van der Waals surface area contributed by atoms with E-state index in [-0.39, 0.29) is 31.7 Å². The minimum atomic E-state index is -4.71. The van der Waals surface area contributed by atoms with Crippen LogP contribution < -0.4 is 9.80 Å². The van der Waals surface area contributed by atoms with Crippen LogP contribution in [0.25, 0.3) is 0 Å². The molecule has 0 N–H and O–H groups in total. The van der Waals surface area contributed by atoms with E-state index in [1.165, 1.54) is 12.1 Å². The minimum Gasteiger partial charge on any atom is -0.371 e. The van der Waals surface area contributed by atoms with Crippen LogP contribution in [0.5, 0.6) is 0 Å². The quantitative estimate of drug-likeness (QED) is 0.345. The number of carbonyl (C=O) groups excluding carboxylic acids is 1. The zero-order valence-corrected chi connectivity index (χ0v) is 21.1. The SMILES string of the molecule is N#Cc1ccc(N2CCN(C(=O)COC3CCN(c4ccc(N=O)c(C(F)(F)F)c4)CC3)CC2)cc1C(F)(F)F. The molecule has 2 aromatic carbocycles. The number of piperazine rings is 1. The maximum absolute atomic E-state index is 13.3. The summed E-state index contributed by atoms with van der Waals surface area (Å²) in [5, 5.41) is 11.4. The van der Waals surface area contributed by atoms with Crippen molar-refractivity contribution in [3.05, 3.63) is 58.0 Å². The first-order valence-electron chi connectivity index (χ1n) is 12.5. The zero-order valence-electron chi connectivity index (χ0n) is 21.1. The summed E-state index contributed by atoms with van der Waals surface area (Å²) in [6.45, 7) is 1.81. The molecule has 2 aromatic rings. The van der Waals surface area contributed by atoms with Crippen LogP contribution in [0.3, 0.4) is 0 Å². The summed E-state index contributed by atoms with van der Waals surface area (Å²) in [5.74, 6) is -0.260. The summed E-state index contributed by atoms with van der Waals surface area (Å²) in [7, 11) is 0. The molecule has 1 amide bonds. The second-order valence-electron chi connectivity index (χ2n) is 9.50. The Kier molecular flexibility index (Phi) is 8.53. The fourth-order valence-electron chi connectivity index (χ4n) is 4.86. The third-order valence-corrected chi connectivity index (χ3v) is 7.06. The number of anilines is 2. The fraction of sp³-hybridized carbons (Fsp3) is 0.462. The van der Waals surface area contributed by atoms with Gasteiger partial charge in [0, 0.05) is 50.6 Å². The smallest absolute Gasteiger partial charge is 0.371 e. The van der Waals surface area contributed by atoms with Crippen LogP contribution in [0.4, 0.5) is 43.4 Å². The Labute approximate surface area is 225 Å². The maximum atomic E-state index is 13.3. The second-order valence-corrected chi connectivity index (χ2v) is 9.50. The van der Waals surface area contributed by atoms with Gasteiger partial charge in [0.15, 0.2) is 0 Å². The Balaban J connectivity index is 1.25. The van der Waals surface area contributed by atoms with E-state index in [2.05, 4.69) is 5.18 Å². The van der Waals surface area contributed by atoms with E-state index < -0.39 is 34.7 Å². The van der Waals surface area contributed by atoms with Crippen molar-refractivity contribution in [2.45, 2.75) is 31.3 Å². The van der Waals surface area contributed by atoms with Crippen molar-refractivity contribution < 1.29 is 35.9 Å². The van der Waals surface area contributed by atoms with Gasteiger partial charge < -0.3 is 19.4 Å². The molecule has 2 heterocycles. The lowest BCUT2D eigenvalue weighted by Crippen LogP contribution is -2.50. The van der Waals surface area contributed by atoms with E-state index in [4.69, 9.17) is 10.00 Å². The van der Waals surface area contributed by atoms with Gasteiger partial charge in [-0.25, -0.2) is 0 Å². The predicted molar refractivity (Wildman–Crippen MR) is 133 cm³/mol. The summed E-state index contributed by atoms with van der Waals surface area (Å²) in [5.41, 5.74) is -2.58. The number of benzene rings is 2. The molecule has 40 heavy (non-hydrogen) atoms. The molecular formula is C26H25F6N5O3. The van der Waals surface area contributed by atoms with Gasteiger partial charge in [-0.2, -0.15) is 31.6 Å². The van der Waals surface area contributed by atoms with Crippen molar-refractivity contribution in [2.75, 3.05) is 55.7 Å². The number of nitrogens with zero attached hydrogens (tertiary/aromatic N) is 5. The number of halogens is 6. The van der Waals surface area contributed by atoms with Gasteiger partial charge in [-0.3, -0.25) is 4.79 Å². The number of alkyl halides is 6. The van der Waals surface area contributed by atoms with E-state index in [9.17, 15) is 36.0 Å². The van der Waals surface area contributed by atoms with Gasteiger partial charge >= 0.3 is 12.4 Å². The lowest BCUT2D eigenvalue weighted by atomic mass is 10.1. The number of nitroso groups, excluding NO2 is 1. The number of hydrogen-bond donors (Lipinski definition) is 0. The Bertz CT molecular complexity index is 1280. The highest BCUT2D eigenvalue weighted by molar-refractivity contribution is 5.77. The number of hydrogen-bond acceptors (Lipinski definition) is 7. The Morgan fingerprint density at radius 1 is 0.875 bits per heavy atom. The molecule has 0 unspecified atom stereocenters. The van der Waals surface area contributed by atoms with Crippen LogP contribution in [0.15, 0.2) is 41.6 Å². The second kappa shape index (κ2) is 11.7. The van der Waals surface area contributed by atoms with E-state index in [1.807, 2.05) is 0 Å². The van der Waals surface area contributed by atoms with Crippen molar-refractivity contribution >= 4 is 23.0 Å². The third-order valence-electron chi connectivity index (χ3n) is 7.06.